The smallest absolute Gasteiger partial charge is 0.320 e. The molecule has 3 rings (SSSR count). The molecule has 2 N–H and O–H groups in total. The molecule has 1 aliphatic heterocycles. The number of hydrogen-bond donors (Lipinski definition) is 2. The van der Waals surface area contributed by atoms with E-state index >= 15 is 0 Å². The van der Waals surface area contributed by atoms with Crippen LogP contribution in [0.4, 0.5) is 0 Å². The zero-order valence-corrected chi connectivity index (χ0v) is 12.4. The molecule has 1 unspecified atom stereocenters. The minimum absolute atomic E-state index is 0.393. The van der Waals surface area contributed by atoms with E-state index in [9.17, 15) is 9.90 Å². The number of fused-ring (bicyclic) bond motifs is 1. The van der Waals surface area contributed by atoms with Gasteiger partial charge in [-0.05, 0) is 49.8 Å². The lowest BCUT2D eigenvalue weighted by Crippen LogP contribution is -2.41. The fourth-order valence-corrected chi connectivity index (χ4v) is 3.08. The third kappa shape index (κ3) is 4.05. The number of nitrogens with one attached hydrogen (secondary N) is 1. The Morgan fingerprint density at radius 2 is 2.10 bits per heavy atom. The largest absolute Gasteiger partial charge is 0.480 e. The third-order valence-electron chi connectivity index (χ3n) is 4.48. The van der Waals surface area contributed by atoms with Crippen molar-refractivity contribution in [3.63, 3.8) is 0 Å². The number of rotatable bonds is 6. The van der Waals surface area contributed by atoms with Crippen molar-refractivity contribution in [3.8, 4) is 0 Å². The minimum atomic E-state index is -0.711. The minimum Gasteiger partial charge on any atom is -0.480 e. The Morgan fingerprint density at radius 1 is 1.33 bits per heavy atom. The SMILES string of the molecule is O=C(O)C(CCN1CCCc2ccccc2C1)NC1CC1. The van der Waals surface area contributed by atoms with Gasteiger partial charge in [0.15, 0.2) is 0 Å². The Hall–Kier alpha value is -1.39. The van der Waals surface area contributed by atoms with E-state index in [1.807, 2.05) is 0 Å². The quantitative estimate of drug-likeness (QED) is 0.841. The standard InChI is InChI=1S/C17H24N2O2/c20-17(21)16(18-15-7-8-15)9-11-19-10-3-6-13-4-1-2-5-14(13)12-19/h1-2,4-5,15-16,18H,3,6-12H2,(H,20,21). The summed E-state index contributed by atoms with van der Waals surface area (Å²) in [6.07, 6.45) is 5.23. The summed E-state index contributed by atoms with van der Waals surface area (Å²) in [4.78, 5) is 13.7. The molecule has 0 spiro atoms. The fraction of sp³-hybridized carbons (Fsp3) is 0.588. The highest BCUT2D eigenvalue weighted by Gasteiger charge is 2.28. The molecule has 21 heavy (non-hydrogen) atoms. The molecule has 1 heterocycles. The molecule has 0 bridgehead atoms. The van der Waals surface area contributed by atoms with Gasteiger partial charge in [-0.2, -0.15) is 0 Å². The van der Waals surface area contributed by atoms with E-state index < -0.39 is 12.0 Å². The first-order chi connectivity index (χ1) is 10.2. The summed E-state index contributed by atoms with van der Waals surface area (Å²) in [6, 6.07) is 8.66. The molecule has 4 heteroatoms. The maximum Gasteiger partial charge on any atom is 0.320 e. The Kier molecular flexibility index (Phi) is 4.56. The van der Waals surface area contributed by atoms with Crippen LogP contribution in [0.25, 0.3) is 0 Å². The van der Waals surface area contributed by atoms with Crippen LogP contribution in [0.2, 0.25) is 0 Å². The third-order valence-corrected chi connectivity index (χ3v) is 4.48. The number of nitrogens with zero attached hydrogens (tertiary/aromatic N) is 1. The zero-order valence-electron chi connectivity index (χ0n) is 12.4. The molecular weight excluding hydrogens is 264 g/mol. The average molecular weight is 288 g/mol. The molecule has 0 saturated heterocycles. The molecule has 0 amide bonds. The first-order valence-electron chi connectivity index (χ1n) is 8.00. The van der Waals surface area contributed by atoms with Gasteiger partial charge in [0.2, 0.25) is 0 Å². The molecule has 0 radical (unpaired) electrons. The Balaban J connectivity index is 1.55. The van der Waals surface area contributed by atoms with E-state index in [0.29, 0.717) is 12.5 Å². The number of aliphatic carboxylic acids is 1. The molecule has 1 atom stereocenters. The van der Waals surface area contributed by atoms with Crippen LogP contribution in [0.1, 0.15) is 36.8 Å². The van der Waals surface area contributed by atoms with Gasteiger partial charge >= 0.3 is 5.97 Å². The van der Waals surface area contributed by atoms with Crippen molar-refractivity contribution in [2.45, 2.75) is 50.7 Å². The Morgan fingerprint density at radius 3 is 2.81 bits per heavy atom. The molecule has 1 aromatic carbocycles. The molecule has 2 aliphatic rings. The van der Waals surface area contributed by atoms with Crippen molar-refractivity contribution >= 4 is 5.97 Å². The summed E-state index contributed by atoms with van der Waals surface area (Å²) < 4.78 is 0. The van der Waals surface area contributed by atoms with Crippen molar-refractivity contribution < 1.29 is 9.90 Å². The molecule has 1 aliphatic carbocycles. The van der Waals surface area contributed by atoms with Gasteiger partial charge < -0.3 is 10.4 Å². The van der Waals surface area contributed by atoms with E-state index in [4.69, 9.17) is 0 Å². The Labute approximate surface area is 126 Å². The second kappa shape index (κ2) is 6.58. The molecule has 0 aromatic heterocycles. The van der Waals surface area contributed by atoms with Gasteiger partial charge in [-0.25, -0.2) is 0 Å². The van der Waals surface area contributed by atoms with Crippen LogP contribution in [0.5, 0.6) is 0 Å². The van der Waals surface area contributed by atoms with Crippen molar-refractivity contribution in [2.75, 3.05) is 13.1 Å². The van der Waals surface area contributed by atoms with Gasteiger partial charge in [-0.15, -0.1) is 0 Å². The van der Waals surface area contributed by atoms with Crippen LogP contribution in [0.15, 0.2) is 24.3 Å². The molecule has 1 aromatic rings. The predicted octanol–water partition coefficient (Wildman–Crippen LogP) is 2.03. The van der Waals surface area contributed by atoms with E-state index in [2.05, 4.69) is 34.5 Å². The number of carbonyl (C=O) groups is 1. The summed E-state index contributed by atoms with van der Waals surface area (Å²) in [5, 5.41) is 12.6. The first-order valence-corrected chi connectivity index (χ1v) is 8.00. The second-order valence-electron chi connectivity index (χ2n) is 6.27. The summed E-state index contributed by atoms with van der Waals surface area (Å²) >= 11 is 0. The normalized spacial score (nSPS) is 20.6. The number of carboxylic acid groups (broad SMARTS) is 1. The summed E-state index contributed by atoms with van der Waals surface area (Å²) in [5.41, 5.74) is 2.85. The predicted molar refractivity (Wildman–Crippen MR) is 82.2 cm³/mol. The van der Waals surface area contributed by atoms with Crippen LogP contribution >= 0.6 is 0 Å². The summed E-state index contributed by atoms with van der Waals surface area (Å²) in [7, 11) is 0. The number of hydrogen-bond acceptors (Lipinski definition) is 3. The van der Waals surface area contributed by atoms with Crippen LogP contribution < -0.4 is 5.32 Å². The van der Waals surface area contributed by atoms with Crippen molar-refractivity contribution in [2.24, 2.45) is 0 Å². The van der Waals surface area contributed by atoms with E-state index in [0.717, 1.165) is 45.3 Å². The highest BCUT2D eigenvalue weighted by Crippen LogP contribution is 2.21. The fourth-order valence-electron chi connectivity index (χ4n) is 3.08. The molecule has 114 valence electrons. The topological polar surface area (TPSA) is 52.6 Å². The maximum absolute atomic E-state index is 11.3. The summed E-state index contributed by atoms with van der Waals surface area (Å²) in [5.74, 6) is -0.711. The molecule has 1 saturated carbocycles. The lowest BCUT2D eigenvalue weighted by Gasteiger charge is -2.23. The van der Waals surface area contributed by atoms with Crippen molar-refractivity contribution in [1.82, 2.24) is 10.2 Å². The number of aryl methyl sites for hydroxylation is 1. The van der Waals surface area contributed by atoms with Crippen molar-refractivity contribution in [1.29, 1.82) is 0 Å². The highest BCUT2D eigenvalue weighted by atomic mass is 16.4. The van der Waals surface area contributed by atoms with Gasteiger partial charge in [-0.1, -0.05) is 24.3 Å². The van der Waals surface area contributed by atoms with Crippen LogP contribution in [-0.2, 0) is 17.8 Å². The highest BCUT2D eigenvalue weighted by molar-refractivity contribution is 5.73. The van der Waals surface area contributed by atoms with E-state index in [1.54, 1.807) is 0 Å². The lowest BCUT2D eigenvalue weighted by molar-refractivity contribution is -0.139. The maximum atomic E-state index is 11.3. The molecule has 1 fully saturated rings. The van der Waals surface area contributed by atoms with E-state index in [1.165, 1.54) is 11.1 Å². The van der Waals surface area contributed by atoms with Crippen LogP contribution in [-0.4, -0.2) is 41.1 Å². The second-order valence-corrected chi connectivity index (χ2v) is 6.27. The molecular formula is C17H24N2O2. The van der Waals surface area contributed by atoms with Crippen molar-refractivity contribution in [3.05, 3.63) is 35.4 Å². The summed E-state index contributed by atoms with van der Waals surface area (Å²) in [6.45, 7) is 2.86. The number of benzene rings is 1. The van der Waals surface area contributed by atoms with Gasteiger partial charge in [0, 0.05) is 19.1 Å². The van der Waals surface area contributed by atoms with E-state index in [-0.39, 0.29) is 0 Å². The first kappa shape index (κ1) is 14.5. The van der Waals surface area contributed by atoms with Crippen LogP contribution in [0.3, 0.4) is 0 Å². The zero-order chi connectivity index (χ0) is 14.7. The average Bonchev–Trinajstić information content (AvgIpc) is 3.29. The van der Waals surface area contributed by atoms with Gasteiger partial charge in [0.25, 0.3) is 0 Å². The lowest BCUT2D eigenvalue weighted by atomic mass is 10.0. The molecule has 4 nitrogen and oxygen atoms in total. The van der Waals surface area contributed by atoms with Gasteiger partial charge in [-0.3, -0.25) is 9.69 Å². The van der Waals surface area contributed by atoms with Gasteiger partial charge in [0.1, 0.15) is 6.04 Å². The van der Waals surface area contributed by atoms with Crippen LogP contribution in [0, 0.1) is 0 Å². The number of carboxylic acids is 1. The monoisotopic (exact) mass is 288 g/mol. The Bertz CT molecular complexity index is 499. The van der Waals surface area contributed by atoms with Gasteiger partial charge in [0.05, 0.1) is 0 Å².